The number of sulfonamides is 1. The van der Waals surface area contributed by atoms with Crippen molar-refractivity contribution in [3.8, 4) is 0 Å². The molecule has 0 saturated heterocycles. The van der Waals surface area contributed by atoms with E-state index in [0.717, 1.165) is 27.7 Å². The second-order valence-corrected chi connectivity index (χ2v) is 9.35. The predicted octanol–water partition coefficient (Wildman–Crippen LogP) is 4.20. The van der Waals surface area contributed by atoms with Crippen molar-refractivity contribution in [3.63, 3.8) is 0 Å². The Kier molecular flexibility index (Phi) is 5.51. The van der Waals surface area contributed by atoms with E-state index in [4.69, 9.17) is 0 Å². The molecule has 0 aromatic heterocycles. The number of halogens is 1. The van der Waals surface area contributed by atoms with Crippen LogP contribution in [0.5, 0.6) is 0 Å². The fourth-order valence-electron chi connectivity index (χ4n) is 2.50. The first-order chi connectivity index (χ1) is 11.5. The summed E-state index contributed by atoms with van der Waals surface area (Å²) in [5, 5.41) is 4.43. The van der Waals surface area contributed by atoms with Crippen molar-refractivity contribution >= 4 is 50.1 Å². The summed E-state index contributed by atoms with van der Waals surface area (Å²) in [6.45, 7) is 0.417. The lowest BCUT2D eigenvalue weighted by Gasteiger charge is -2.25. The highest BCUT2D eigenvalue weighted by Crippen LogP contribution is 2.23. The van der Waals surface area contributed by atoms with Crippen molar-refractivity contribution < 1.29 is 8.42 Å². The van der Waals surface area contributed by atoms with Gasteiger partial charge < -0.3 is 0 Å². The number of hydrazone groups is 1. The molecule has 4 nitrogen and oxygen atoms in total. The van der Waals surface area contributed by atoms with Gasteiger partial charge >= 0.3 is 0 Å². The SMILES string of the molecule is CSc1ccc(C2=NN(S(=O)(=O)c3ccc(I)cc3)CCC2)cc1. The highest BCUT2D eigenvalue weighted by molar-refractivity contribution is 14.1. The van der Waals surface area contributed by atoms with Gasteiger partial charge in [-0.2, -0.15) is 17.9 Å². The largest absolute Gasteiger partial charge is 0.279 e. The number of hydrogen-bond acceptors (Lipinski definition) is 4. The molecule has 0 spiro atoms. The quantitative estimate of drug-likeness (QED) is 0.495. The fourth-order valence-corrected chi connectivity index (χ4v) is 4.57. The van der Waals surface area contributed by atoms with Gasteiger partial charge in [-0.15, -0.1) is 11.8 Å². The van der Waals surface area contributed by atoms with Gasteiger partial charge in [-0.1, -0.05) is 12.1 Å². The van der Waals surface area contributed by atoms with Crippen LogP contribution >= 0.6 is 34.4 Å². The van der Waals surface area contributed by atoms with Crippen LogP contribution < -0.4 is 0 Å². The highest BCUT2D eigenvalue weighted by Gasteiger charge is 2.26. The Morgan fingerprint density at radius 1 is 1.08 bits per heavy atom. The van der Waals surface area contributed by atoms with Crippen molar-refractivity contribution in [2.45, 2.75) is 22.6 Å². The molecule has 3 rings (SSSR count). The minimum atomic E-state index is -3.59. The van der Waals surface area contributed by atoms with Gasteiger partial charge in [0, 0.05) is 8.47 Å². The van der Waals surface area contributed by atoms with E-state index in [-0.39, 0.29) is 4.90 Å². The first-order valence-corrected chi connectivity index (χ1v) is 11.3. The summed E-state index contributed by atoms with van der Waals surface area (Å²) >= 11 is 3.84. The van der Waals surface area contributed by atoms with Gasteiger partial charge in [0.05, 0.1) is 17.2 Å². The number of hydrogen-bond donors (Lipinski definition) is 0. The molecule has 0 N–H and O–H groups in total. The van der Waals surface area contributed by atoms with Crippen molar-refractivity contribution in [3.05, 3.63) is 57.7 Å². The Hall–Kier alpha value is -1.06. The molecule has 0 aliphatic carbocycles. The van der Waals surface area contributed by atoms with Crippen LogP contribution in [-0.4, -0.2) is 31.3 Å². The smallest absolute Gasteiger partial charge is 0.200 e. The Morgan fingerprint density at radius 3 is 2.38 bits per heavy atom. The predicted molar refractivity (Wildman–Crippen MR) is 107 cm³/mol. The minimum absolute atomic E-state index is 0.283. The van der Waals surface area contributed by atoms with E-state index in [9.17, 15) is 8.42 Å². The van der Waals surface area contributed by atoms with Gasteiger partial charge in [0.2, 0.25) is 0 Å². The number of nitrogens with zero attached hydrogens (tertiary/aromatic N) is 2. The summed E-state index contributed by atoms with van der Waals surface area (Å²) in [6, 6.07) is 14.9. The molecule has 0 fully saturated rings. The maximum atomic E-state index is 12.8. The minimum Gasteiger partial charge on any atom is -0.200 e. The fraction of sp³-hybridized carbons (Fsp3) is 0.235. The summed E-state index contributed by atoms with van der Waals surface area (Å²) in [7, 11) is -3.59. The van der Waals surface area contributed by atoms with Crippen LogP contribution in [0, 0.1) is 3.57 Å². The third kappa shape index (κ3) is 3.78. The Balaban J connectivity index is 1.91. The first-order valence-electron chi connectivity index (χ1n) is 7.51. The zero-order valence-corrected chi connectivity index (χ0v) is 16.9. The molecule has 0 radical (unpaired) electrons. The lowest BCUT2D eigenvalue weighted by Crippen LogP contribution is -2.32. The van der Waals surface area contributed by atoms with Gasteiger partial charge in [-0.25, -0.2) is 0 Å². The average molecular weight is 472 g/mol. The average Bonchev–Trinajstić information content (AvgIpc) is 2.62. The van der Waals surface area contributed by atoms with Gasteiger partial charge in [-0.05, 0) is 83.6 Å². The van der Waals surface area contributed by atoms with E-state index in [2.05, 4.69) is 27.7 Å². The van der Waals surface area contributed by atoms with Crippen LogP contribution in [0.3, 0.4) is 0 Å². The lowest BCUT2D eigenvalue weighted by atomic mass is 10.1. The molecule has 126 valence electrons. The Bertz CT molecular complexity index is 847. The summed E-state index contributed by atoms with van der Waals surface area (Å²) in [4.78, 5) is 1.46. The van der Waals surface area contributed by atoms with E-state index < -0.39 is 10.0 Å². The standard InChI is InChI=1S/C17H17IN2O2S2/c1-23-15-8-4-13(5-9-15)17-3-2-12-20(19-17)24(21,22)16-10-6-14(18)7-11-16/h4-11H,2-3,12H2,1H3. The van der Waals surface area contributed by atoms with Crippen LogP contribution in [-0.2, 0) is 10.0 Å². The molecule has 1 heterocycles. The number of benzene rings is 2. The molecule has 24 heavy (non-hydrogen) atoms. The lowest BCUT2D eigenvalue weighted by molar-refractivity contribution is 0.410. The van der Waals surface area contributed by atoms with E-state index in [1.54, 1.807) is 36.0 Å². The molecular weight excluding hydrogens is 455 g/mol. The third-order valence-corrected chi connectivity index (χ3v) is 6.96. The molecular formula is C17H17IN2O2S2. The molecule has 0 bridgehead atoms. The Labute approximate surface area is 160 Å². The van der Waals surface area contributed by atoms with E-state index in [1.165, 1.54) is 9.31 Å². The number of thioether (sulfide) groups is 1. The molecule has 0 amide bonds. The molecule has 0 unspecified atom stereocenters. The van der Waals surface area contributed by atoms with E-state index >= 15 is 0 Å². The van der Waals surface area contributed by atoms with Crippen LogP contribution in [0.4, 0.5) is 0 Å². The van der Waals surface area contributed by atoms with Gasteiger partial charge in [0.15, 0.2) is 0 Å². The second kappa shape index (κ2) is 7.45. The van der Waals surface area contributed by atoms with Gasteiger partial charge in [-0.3, -0.25) is 0 Å². The summed E-state index contributed by atoms with van der Waals surface area (Å²) in [6.07, 6.45) is 3.59. The molecule has 1 aliphatic heterocycles. The van der Waals surface area contributed by atoms with Crippen LogP contribution in [0.25, 0.3) is 0 Å². The van der Waals surface area contributed by atoms with Crippen LogP contribution in [0.15, 0.2) is 63.4 Å². The van der Waals surface area contributed by atoms with E-state index in [1.807, 2.05) is 30.5 Å². The van der Waals surface area contributed by atoms with Crippen molar-refractivity contribution in [2.75, 3.05) is 12.8 Å². The second-order valence-electron chi connectivity index (χ2n) is 5.38. The first kappa shape index (κ1) is 17.8. The topological polar surface area (TPSA) is 49.7 Å². The molecule has 2 aromatic carbocycles. The maximum Gasteiger partial charge on any atom is 0.279 e. The monoisotopic (exact) mass is 472 g/mol. The van der Waals surface area contributed by atoms with Gasteiger partial charge in [0.25, 0.3) is 10.0 Å². The van der Waals surface area contributed by atoms with Crippen molar-refractivity contribution in [1.29, 1.82) is 0 Å². The summed E-state index contributed by atoms with van der Waals surface area (Å²) in [5.41, 5.74) is 1.80. The Morgan fingerprint density at radius 2 is 1.75 bits per heavy atom. The molecule has 1 aliphatic rings. The summed E-state index contributed by atoms with van der Waals surface area (Å²) < 4.78 is 27.8. The molecule has 0 atom stereocenters. The number of rotatable bonds is 4. The van der Waals surface area contributed by atoms with E-state index in [0.29, 0.717) is 6.54 Å². The zero-order valence-electron chi connectivity index (χ0n) is 13.1. The van der Waals surface area contributed by atoms with Gasteiger partial charge in [0.1, 0.15) is 0 Å². The highest BCUT2D eigenvalue weighted by atomic mass is 127. The molecule has 7 heteroatoms. The summed E-state index contributed by atoms with van der Waals surface area (Å²) in [5.74, 6) is 0. The molecule has 0 saturated carbocycles. The van der Waals surface area contributed by atoms with Crippen LogP contribution in [0.2, 0.25) is 0 Å². The maximum absolute atomic E-state index is 12.8. The third-order valence-electron chi connectivity index (χ3n) is 3.81. The normalized spacial score (nSPS) is 15.2. The molecule has 2 aromatic rings. The van der Waals surface area contributed by atoms with Crippen molar-refractivity contribution in [1.82, 2.24) is 4.41 Å². The van der Waals surface area contributed by atoms with Crippen LogP contribution in [0.1, 0.15) is 18.4 Å². The van der Waals surface area contributed by atoms with Crippen molar-refractivity contribution in [2.24, 2.45) is 5.10 Å². The zero-order chi connectivity index (χ0) is 17.2.